The zero-order valence-electron chi connectivity index (χ0n) is 7.27. The van der Waals surface area contributed by atoms with Crippen molar-refractivity contribution < 1.29 is 9.59 Å². The summed E-state index contributed by atoms with van der Waals surface area (Å²) >= 11 is 0. The molecule has 1 rings (SSSR count). The predicted octanol–water partition coefficient (Wildman–Crippen LogP) is 1.17. The number of aromatic nitrogens is 1. The average Bonchev–Trinajstić information content (AvgIpc) is 2.16. The van der Waals surface area contributed by atoms with Gasteiger partial charge in [-0.05, 0) is 12.1 Å². The number of nitrogens with zero attached hydrogens (tertiary/aromatic N) is 1. The number of hydrogen-bond acceptors (Lipinski definition) is 3. The van der Waals surface area contributed by atoms with E-state index in [0.717, 1.165) is 12.0 Å². The van der Waals surface area contributed by atoms with E-state index in [4.69, 9.17) is 0 Å². The van der Waals surface area contributed by atoms with Gasteiger partial charge in [-0.25, -0.2) is 0 Å². The van der Waals surface area contributed by atoms with Gasteiger partial charge >= 0.3 is 0 Å². The van der Waals surface area contributed by atoms with Gasteiger partial charge in [0, 0.05) is 31.2 Å². The highest BCUT2D eigenvalue weighted by molar-refractivity contribution is 5.82. The molecule has 1 heterocycles. The van der Waals surface area contributed by atoms with Gasteiger partial charge in [0.05, 0.1) is 0 Å². The third-order valence-corrected chi connectivity index (χ3v) is 1.65. The van der Waals surface area contributed by atoms with Gasteiger partial charge in [-0.1, -0.05) is 6.07 Å². The largest absolute Gasteiger partial charge is 0.303 e. The number of Topliss-reactive ketones (excluding diaryl/α,β-unsaturated/α-hetero) is 1. The van der Waals surface area contributed by atoms with Gasteiger partial charge < -0.3 is 4.79 Å². The van der Waals surface area contributed by atoms with Crippen molar-refractivity contribution >= 4 is 12.1 Å². The predicted molar refractivity (Wildman–Crippen MR) is 48.2 cm³/mol. The first kappa shape index (κ1) is 9.58. The third-order valence-electron chi connectivity index (χ3n) is 1.65. The molecule has 0 amide bonds. The van der Waals surface area contributed by atoms with Crippen LogP contribution in [0.2, 0.25) is 0 Å². The Morgan fingerprint density at radius 2 is 2.31 bits per heavy atom. The molecule has 13 heavy (non-hydrogen) atoms. The van der Waals surface area contributed by atoms with Crippen LogP contribution in [0.15, 0.2) is 24.4 Å². The molecule has 1 aromatic rings. The van der Waals surface area contributed by atoms with E-state index in [0.29, 0.717) is 19.3 Å². The number of carbonyl (C=O) groups excluding carboxylic acids is 2. The van der Waals surface area contributed by atoms with E-state index in [1.165, 1.54) is 0 Å². The van der Waals surface area contributed by atoms with Crippen molar-refractivity contribution in [2.75, 3.05) is 0 Å². The molecule has 0 saturated heterocycles. The minimum atomic E-state index is 0.0609. The SMILES string of the molecule is O=CCCC(=O)Cc1ccccn1. The number of rotatable bonds is 5. The number of carbonyl (C=O) groups is 2. The lowest BCUT2D eigenvalue weighted by Gasteiger charge is -1.96. The molecule has 0 fully saturated rings. The molecule has 0 bridgehead atoms. The topological polar surface area (TPSA) is 47.0 Å². The first-order valence-corrected chi connectivity index (χ1v) is 4.18. The van der Waals surface area contributed by atoms with Crippen LogP contribution < -0.4 is 0 Å². The van der Waals surface area contributed by atoms with Gasteiger partial charge in [-0.3, -0.25) is 9.78 Å². The normalized spacial score (nSPS) is 9.54. The number of hydrogen-bond donors (Lipinski definition) is 0. The standard InChI is InChI=1S/C10H11NO2/c12-7-3-5-10(13)8-9-4-1-2-6-11-9/h1-2,4,6-7H,3,5,8H2. The summed E-state index contributed by atoms with van der Waals surface area (Å²) in [6.45, 7) is 0. The molecular weight excluding hydrogens is 166 g/mol. The second kappa shape index (κ2) is 5.19. The van der Waals surface area contributed by atoms with E-state index in [2.05, 4.69) is 4.98 Å². The van der Waals surface area contributed by atoms with Crippen molar-refractivity contribution in [1.29, 1.82) is 0 Å². The molecule has 0 spiro atoms. The van der Waals surface area contributed by atoms with E-state index in [1.807, 2.05) is 6.07 Å². The van der Waals surface area contributed by atoms with Crippen LogP contribution in [0.5, 0.6) is 0 Å². The minimum absolute atomic E-state index is 0.0609. The summed E-state index contributed by atoms with van der Waals surface area (Å²) in [4.78, 5) is 25.2. The minimum Gasteiger partial charge on any atom is -0.303 e. The zero-order chi connectivity index (χ0) is 9.52. The average molecular weight is 177 g/mol. The lowest BCUT2D eigenvalue weighted by molar-refractivity contribution is -0.120. The Kier molecular flexibility index (Phi) is 3.82. The van der Waals surface area contributed by atoms with E-state index in [1.54, 1.807) is 18.3 Å². The van der Waals surface area contributed by atoms with Crippen molar-refractivity contribution in [2.45, 2.75) is 19.3 Å². The number of aldehydes is 1. The van der Waals surface area contributed by atoms with E-state index in [-0.39, 0.29) is 5.78 Å². The Hall–Kier alpha value is -1.51. The highest BCUT2D eigenvalue weighted by atomic mass is 16.1. The fourth-order valence-corrected chi connectivity index (χ4v) is 1.01. The molecule has 1 aromatic heterocycles. The van der Waals surface area contributed by atoms with Crippen LogP contribution in [-0.4, -0.2) is 17.1 Å². The van der Waals surface area contributed by atoms with Crippen LogP contribution in [0.1, 0.15) is 18.5 Å². The van der Waals surface area contributed by atoms with Crippen molar-refractivity contribution in [3.05, 3.63) is 30.1 Å². The van der Waals surface area contributed by atoms with Crippen LogP contribution in [-0.2, 0) is 16.0 Å². The lowest BCUT2D eigenvalue weighted by Crippen LogP contribution is -2.03. The van der Waals surface area contributed by atoms with Gasteiger partial charge in [0.25, 0.3) is 0 Å². The van der Waals surface area contributed by atoms with E-state index >= 15 is 0 Å². The maximum Gasteiger partial charge on any atom is 0.139 e. The van der Waals surface area contributed by atoms with Crippen molar-refractivity contribution in [3.8, 4) is 0 Å². The third kappa shape index (κ3) is 3.60. The van der Waals surface area contributed by atoms with Gasteiger partial charge in [-0.15, -0.1) is 0 Å². The van der Waals surface area contributed by atoms with E-state index < -0.39 is 0 Å². The quantitative estimate of drug-likeness (QED) is 0.634. The van der Waals surface area contributed by atoms with Crippen LogP contribution in [0.3, 0.4) is 0 Å². The molecule has 0 N–H and O–H groups in total. The molecule has 0 radical (unpaired) electrons. The summed E-state index contributed by atoms with van der Waals surface area (Å²) in [6.07, 6.45) is 3.37. The molecule has 3 heteroatoms. The molecule has 0 aliphatic carbocycles. The Balaban J connectivity index is 2.41. The summed E-state index contributed by atoms with van der Waals surface area (Å²) < 4.78 is 0. The second-order valence-corrected chi connectivity index (χ2v) is 2.74. The van der Waals surface area contributed by atoms with Crippen LogP contribution in [0, 0.1) is 0 Å². The Bertz CT molecular complexity index is 282. The second-order valence-electron chi connectivity index (χ2n) is 2.74. The van der Waals surface area contributed by atoms with Gasteiger partial charge in [0.15, 0.2) is 0 Å². The van der Waals surface area contributed by atoms with E-state index in [9.17, 15) is 9.59 Å². The van der Waals surface area contributed by atoms with Gasteiger partial charge in [0.1, 0.15) is 12.1 Å². The monoisotopic (exact) mass is 177 g/mol. The molecule has 0 atom stereocenters. The van der Waals surface area contributed by atoms with Crippen LogP contribution in [0.4, 0.5) is 0 Å². The molecule has 3 nitrogen and oxygen atoms in total. The fourth-order valence-electron chi connectivity index (χ4n) is 1.01. The van der Waals surface area contributed by atoms with Gasteiger partial charge in [-0.2, -0.15) is 0 Å². The summed E-state index contributed by atoms with van der Waals surface area (Å²) in [7, 11) is 0. The molecular formula is C10H11NO2. The van der Waals surface area contributed by atoms with Crippen molar-refractivity contribution in [3.63, 3.8) is 0 Å². The van der Waals surface area contributed by atoms with Crippen molar-refractivity contribution in [2.24, 2.45) is 0 Å². The molecule has 0 aliphatic rings. The summed E-state index contributed by atoms with van der Waals surface area (Å²) in [5.74, 6) is 0.0609. The molecule has 0 aliphatic heterocycles. The molecule has 0 saturated carbocycles. The highest BCUT2D eigenvalue weighted by Gasteiger charge is 2.02. The first-order valence-electron chi connectivity index (χ1n) is 4.18. The smallest absolute Gasteiger partial charge is 0.139 e. The van der Waals surface area contributed by atoms with Crippen LogP contribution >= 0.6 is 0 Å². The molecule has 0 aromatic carbocycles. The maximum atomic E-state index is 11.2. The fraction of sp³-hybridized carbons (Fsp3) is 0.300. The Labute approximate surface area is 76.8 Å². The maximum absolute atomic E-state index is 11.2. The summed E-state index contributed by atoms with van der Waals surface area (Å²) in [5, 5.41) is 0. The molecule has 0 unspecified atom stereocenters. The lowest BCUT2D eigenvalue weighted by atomic mass is 10.1. The summed E-state index contributed by atoms with van der Waals surface area (Å²) in [6, 6.07) is 5.45. The Morgan fingerprint density at radius 3 is 2.92 bits per heavy atom. The highest BCUT2D eigenvalue weighted by Crippen LogP contribution is 1.98. The first-order chi connectivity index (χ1) is 6.33. The van der Waals surface area contributed by atoms with Gasteiger partial charge in [0.2, 0.25) is 0 Å². The number of pyridine rings is 1. The number of ketones is 1. The van der Waals surface area contributed by atoms with Crippen LogP contribution in [0.25, 0.3) is 0 Å². The zero-order valence-corrected chi connectivity index (χ0v) is 7.27. The summed E-state index contributed by atoms with van der Waals surface area (Å²) in [5.41, 5.74) is 0.762. The van der Waals surface area contributed by atoms with Crippen molar-refractivity contribution in [1.82, 2.24) is 4.98 Å². The molecule has 68 valence electrons. The Morgan fingerprint density at radius 1 is 1.46 bits per heavy atom.